The summed E-state index contributed by atoms with van der Waals surface area (Å²) >= 11 is 0. The molecular weight excluding hydrogens is 580 g/mol. The van der Waals surface area contributed by atoms with Crippen LogP contribution in [0.2, 0.25) is 0 Å². The van der Waals surface area contributed by atoms with Crippen molar-refractivity contribution in [3.8, 4) is 0 Å². The van der Waals surface area contributed by atoms with Crippen molar-refractivity contribution in [2.45, 2.75) is 39.5 Å². The Bertz CT molecular complexity index is 938. The minimum absolute atomic E-state index is 0.184. The molecule has 0 amide bonds. The third kappa shape index (κ3) is 19.0. The molecule has 0 unspecified atom stereocenters. The van der Waals surface area contributed by atoms with Crippen molar-refractivity contribution < 1.29 is 42.7 Å². The van der Waals surface area contributed by atoms with E-state index in [1.165, 1.54) is 0 Å². The Hall–Kier alpha value is -3.22. The molecule has 0 atom stereocenters. The van der Waals surface area contributed by atoms with E-state index in [1.54, 1.807) is 24.3 Å². The van der Waals surface area contributed by atoms with Crippen LogP contribution < -0.4 is 10.6 Å². The van der Waals surface area contributed by atoms with E-state index in [1.807, 2.05) is 24.3 Å². The molecule has 0 heterocycles. The van der Waals surface area contributed by atoms with Gasteiger partial charge in [0.25, 0.3) is 0 Å². The molecule has 0 radical (unpaired) electrons. The van der Waals surface area contributed by atoms with Gasteiger partial charge in [0.2, 0.25) is 0 Å². The van der Waals surface area contributed by atoms with Crippen molar-refractivity contribution in [3.05, 3.63) is 59.7 Å². The summed E-state index contributed by atoms with van der Waals surface area (Å²) in [4.78, 5) is 24.2. The number of hydrogen-bond donors (Lipinski definition) is 2. The van der Waals surface area contributed by atoms with Crippen LogP contribution in [0.4, 0.5) is 11.4 Å². The molecule has 252 valence electrons. The molecule has 11 heteroatoms. The minimum Gasteiger partial charge on any atom is -0.460 e. The van der Waals surface area contributed by atoms with E-state index in [-0.39, 0.29) is 25.2 Å². The van der Waals surface area contributed by atoms with Gasteiger partial charge < -0.3 is 43.8 Å². The molecule has 11 nitrogen and oxygen atoms in total. The Morgan fingerprint density at radius 2 is 0.756 bits per heavy atom. The third-order valence-corrected chi connectivity index (χ3v) is 6.37. The molecule has 0 aliphatic rings. The highest BCUT2D eigenvalue weighted by Gasteiger charge is 2.08. The van der Waals surface area contributed by atoms with Crippen LogP contribution in [0.1, 0.15) is 60.2 Å². The van der Waals surface area contributed by atoms with Crippen LogP contribution in [-0.2, 0) is 33.2 Å². The van der Waals surface area contributed by atoms with Gasteiger partial charge in [-0.3, -0.25) is 0 Å². The first kappa shape index (κ1) is 38.0. The maximum absolute atomic E-state index is 12.1. The summed E-state index contributed by atoms with van der Waals surface area (Å²) in [6.07, 6.45) is 4.48. The second-order valence-corrected chi connectivity index (χ2v) is 10.0. The topological polar surface area (TPSA) is 123 Å². The first-order chi connectivity index (χ1) is 22.1. The maximum Gasteiger partial charge on any atom is 0.338 e. The smallest absolute Gasteiger partial charge is 0.338 e. The van der Waals surface area contributed by atoms with Crippen LogP contribution in [0.25, 0.3) is 0 Å². The molecule has 0 aliphatic heterocycles. The Labute approximate surface area is 268 Å². The van der Waals surface area contributed by atoms with Gasteiger partial charge in [-0.1, -0.05) is 26.7 Å². The SMILES string of the molecule is CCCCNc1ccc(C(=O)OCCOCCOCCOCCOCCOCCOC(=O)c2ccc(NCCCC)cc2)cc1. The third-order valence-electron chi connectivity index (χ3n) is 6.37. The van der Waals surface area contributed by atoms with Crippen LogP contribution in [0, 0.1) is 0 Å². The summed E-state index contributed by atoms with van der Waals surface area (Å²) in [5.41, 5.74) is 3.01. The van der Waals surface area contributed by atoms with Gasteiger partial charge in [0.05, 0.1) is 77.2 Å². The van der Waals surface area contributed by atoms with Crippen LogP contribution in [-0.4, -0.2) is 104 Å². The number of anilines is 2. The van der Waals surface area contributed by atoms with Gasteiger partial charge in [0, 0.05) is 24.5 Å². The highest BCUT2D eigenvalue weighted by Crippen LogP contribution is 2.12. The van der Waals surface area contributed by atoms with Crippen molar-refractivity contribution in [3.63, 3.8) is 0 Å². The number of esters is 2. The molecule has 2 N–H and O–H groups in total. The van der Waals surface area contributed by atoms with Crippen molar-refractivity contribution in [1.82, 2.24) is 0 Å². The zero-order valence-corrected chi connectivity index (χ0v) is 27.0. The first-order valence-electron chi connectivity index (χ1n) is 16.0. The summed E-state index contributed by atoms with van der Waals surface area (Å²) in [6.45, 7) is 10.6. The number of hydrogen-bond acceptors (Lipinski definition) is 11. The van der Waals surface area contributed by atoms with Crippen molar-refractivity contribution in [2.75, 3.05) is 103 Å². The fourth-order valence-corrected chi connectivity index (χ4v) is 3.80. The van der Waals surface area contributed by atoms with Gasteiger partial charge in [-0.15, -0.1) is 0 Å². The Balaban J connectivity index is 1.30. The van der Waals surface area contributed by atoms with Gasteiger partial charge in [-0.05, 0) is 61.4 Å². The van der Waals surface area contributed by atoms with E-state index in [2.05, 4.69) is 24.5 Å². The molecular formula is C34H52N2O9. The fourth-order valence-electron chi connectivity index (χ4n) is 3.80. The summed E-state index contributed by atoms with van der Waals surface area (Å²) in [7, 11) is 0. The van der Waals surface area contributed by atoms with Crippen LogP contribution in [0.15, 0.2) is 48.5 Å². The lowest BCUT2D eigenvalue weighted by Crippen LogP contribution is -2.15. The highest BCUT2D eigenvalue weighted by atomic mass is 16.6. The molecule has 0 fully saturated rings. The fraction of sp³-hybridized carbons (Fsp3) is 0.588. The van der Waals surface area contributed by atoms with Gasteiger partial charge in [-0.2, -0.15) is 0 Å². The Morgan fingerprint density at radius 3 is 1.04 bits per heavy atom. The Kier molecular flexibility index (Phi) is 22.0. The lowest BCUT2D eigenvalue weighted by atomic mass is 10.2. The van der Waals surface area contributed by atoms with Crippen molar-refractivity contribution in [2.24, 2.45) is 0 Å². The number of rotatable bonds is 28. The van der Waals surface area contributed by atoms with E-state index in [9.17, 15) is 9.59 Å². The number of ether oxygens (including phenoxy) is 7. The average molecular weight is 633 g/mol. The first-order valence-corrected chi connectivity index (χ1v) is 16.0. The predicted octanol–water partition coefficient (Wildman–Crippen LogP) is 5.21. The van der Waals surface area contributed by atoms with E-state index in [0.717, 1.165) is 50.1 Å². The zero-order valence-electron chi connectivity index (χ0n) is 27.0. The molecule has 45 heavy (non-hydrogen) atoms. The summed E-state index contributed by atoms with van der Waals surface area (Å²) < 4.78 is 37.8. The molecule has 0 bridgehead atoms. The number of nitrogens with one attached hydrogen (secondary N) is 2. The van der Waals surface area contributed by atoms with Gasteiger partial charge in [0.1, 0.15) is 13.2 Å². The van der Waals surface area contributed by atoms with Crippen molar-refractivity contribution in [1.29, 1.82) is 0 Å². The zero-order chi connectivity index (χ0) is 32.2. The molecule has 0 aliphatic carbocycles. The monoisotopic (exact) mass is 632 g/mol. The second-order valence-electron chi connectivity index (χ2n) is 10.0. The summed E-state index contributed by atoms with van der Waals surface area (Å²) in [5, 5.41) is 6.63. The number of benzene rings is 2. The van der Waals surface area contributed by atoms with Crippen molar-refractivity contribution >= 4 is 23.3 Å². The number of unbranched alkanes of at least 4 members (excludes halogenated alkanes) is 2. The molecule has 0 spiro atoms. The quantitative estimate of drug-likeness (QED) is 0.0950. The average Bonchev–Trinajstić information content (AvgIpc) is 3.06. The number of carbonyl (C=O) groups excluding carboxylic acids is 2. The van der Waals surface area contributed by atoms with E-state index in [0.29, 0.717) is 77.2 Å². The molecule has 0 aromatic heterocycles. The molecule has 2 rings (SSSR count). The van der Waals surface area contributed by atoms with Gasteiger partial charge in [-0.25, -0.2) is 9.59 Å². The maximum atomic E-state index is 12.1. The molecule has 0 saturated heterocycles. The normalized spacial score (nSPS) is 10.9. The molecule has 2 aromatic rings. The highest BCUT2D eigenvalue weighted by molar-refractivity contribution is 5.90. The molecule has 0 saturated carbocycles. The van der Waals surface area contributed by atoms with Gasteiger partial charge in [0.15, 0.2) is 0 Å². The largest absolute Gasteiger partial charge is 0.460 e. The number of carbonyl (C=O) groups is 2. The minimum atomic E-state index is -0.366. The Morgan fingerprint density at radius 1 is 0.467 bits per heavy atom. The summed E-state index contributed by atoms with van der Waals surface area (Å²) in [5.74, 6) is -0.732. The second kappa shape index (κ2) is 26.0. The molecule has 2 aromatic carbocycles. The van der Waals surface area contributed by atoms with Crippen LogP contribution in [0.5, 0.6) is 0 Å². The van der Waals surface area contributed by atoms with Gasteiger partial charge >= 0.3 is 11.9 Å². The van der Waals surface area contributed by atoms with E-state index in [4.69, 9.17) is 33.2 Å². The van der Waals surface area contributed by atoms with Crippen LogP contribution in [0.3, 0.4) is 0 Å². The standard InChI is InChI=1S/C34H52N2O9/c1-3-5-15-35-31-11-7-29(8-12-31)33(37)44-27-25-42-23-21-40-19-17-39-18-20-41-22-24-43-26-28-45-34(38)30-9-13-32(14-10-30)36-16-6-4-2/h7-14,35-36H,3-6,15-28H2,1-2H3. The van der Waals surface area contributed by atoms with Crippen LogP contribution >= 0.6 is 0 Å². The van der Waals surface area contributed by atoms with E-state index < -0.39 is 0 Å². The predicted molar refractivity (Wildman–Crippen MR) is 174 cm³/mol. The summed E-state index contributed by atoms with van der Waals surface area (Å²) in [6, 6.07) is 14.5. The lowest BCUT2D eigenvalue weighted by Gasteiger charge is -2.09. The lowest BCUT2D eigenvalue weighted by molar-refractivity contribution is -0.0180. The van der Waals surface area contributed by atoms with E-state index >= 15 is 0 Å².